The highest BCUT2D eigenvalue weighted by Crippen LogP contribution is 2.44. The summed E-state index contributed by atoms with van der Waals surface area (Å²) in [6.07, 6.45) is -0.132. The average Bonchev–Trinajstić information content (AvgIpc) is 3.82. The summed E-state index contributed by atoms with van der Waals surface area (Å²) < 4.78 is 18.0. The van der Waals surface area contributed by atoms with Gasteiger partial charge in [-0.25, -0.2) is 14.8 Å². The van der Waals surface area contributed by atoms with Crippen LogP contribution in [0.3, 0.4) is 0 Å². The molecular weight excluding hydrogens is 1000 g/mol. The lowest BCUT2D eigenvalue weighted by Gasteiger charge is -2.39. The van der Waals surface area contributed by atoms with Gasteiger partial charge in [-0.1, -0.05) is 141 Å². The number of aromatic nitrogens is 2. The molecule has 0 bridgehead atoms. The third kappa shape index (κ3) is 14.9. The maximum absolute atomic E-state index is 14.7. The van der Waals surface area contributed by atoms with Gasteiger partial charge in [-0.2, -0.15) is 0 Å². The summed E-state index contributed by atoms with van der Waals surface area (Å²) >= 11 is 6.15. The zero-order chi connectivity index (χ0) is 54.4. The van der Waals surface area contributed by atoms with E-state index in [0.29, 0.717) is 52.0 Å². The van der Waals surface area contributed by atoms with E-state index in [1.807, 2.05) is 95.6 Å². The molecule has 3 aliphatic rings. The number of hydrogen-bond donors (Lipinski definition) is 6. The summed E-state index contributed by atoms with van der Waals surface area (Å²) in [7, 11) is 0. The minimum atomic E-state index is -1.40. The summed E-state index contributed by atoms with van der Waals surface area (Å²) in [6, 6.07) is 33.7. The molecule has 2 aliphatic heterocycles. The zero-order valence-electron chi connectivity index (χ0n) is 44.2. The Balaban J connectivity index is 0.929. The number of carbonyl (C=O) groups is 3. The SMILES string of the molecule is CCCCCCN(CCC(=O)N1CCC(CN(CC(CNC(=O)c2nc(Cl)c(N)nc2N)Cc2ccccc2C)C(=O)OCC2c3ccccc3-c3ccccc32)CC1)CC(O)C(O)[C@@H]1O[C@H](c2ccccc2)OC[C@H]1O. The van der Waals surface area contributed by atoms with Crippen LogP contribution in [0.4, 0.5) is 16.4 Å². The number of carbonyl (C=O) groups excluding carboxylic acids is 3. The number of benzene rings is 4. The molecule has 3 heterocycles. The van der Waals surface area contributed by atoms with Crippen molar-refractivity contribution >= 4 is 41.1 Å². The Morgan fingerprint density at radius 3 is 2.23 bits per heavy atom. The van der Waals surface area contributed by atoms with E-state index < -0.39 is 42.7 Å². The quantitative estimate of drug-likeness (QED) is 0.0337. The van der Waals surface area contributed by atoms with Crippen LogP contribution in [-0.4, -0.2) is 148 Å². The van der Waals surface area contributed by atoms with Gasteiger partial charge in [0.2, 0.25) is 5.91 Å². The highest BCUT2D eigenvalue weighted by Gasteiger charge is 2.40. The molecule has 5 aromatic rings. The number of hydrogen-bond acceptors (Lipinski definition) is 14. The second-order valence-electron chi connectivity index (χ2n) is 20.8. The summed E-state index contributed by atoms with van der Waals surface area (Å²) in [4.78, 5) is 56.0. The number of aryl methyl sites for hydroxylation is 1. The number of anilines is 2. The molecule has 1 aliphatic carbocycles. The fourth-order valence-corrected chi connectivity index (χ4v) is 11.0. The maximum Gasteiger partial charge on any atom is 0.409 e. The lowest BCUT2D eigenvalue weighted by atomic mass is 9.93. The fourth-order valence-electron chi connectivity index (χ4n) is 10.9. The van der Waals surface area contributed by atoms with Gasteiger partial charge >= 0.3 is 6.09 Å². The zero-order valence-corrected chi connectivity index (χ0v) is 45.0. The van der Waals surface area contributed by atoms with E-state index in [2.05, 4.69) is 46.5 Å². The molecule has 18 heteroatoms. The average molecular weight is 1080 g/mol. The van der Waals surface area contributed by atoms with Crippen molar-refractivity contribution in [1.29, 1.82) is 0 Å². The fraction of sp³-hybridized carbons (Fsp3) is 0.475. The number of nitrogens with one attached hydrogen (secondary N) is 1. The van der Waals surface area contributed by atoms with Crippen molar-refractivity contribution in [2.24, 2.45) is 11.8 Å². The Morgan fingerprint density at radius 1 is 0.857 bits per heavy atom. The van der Waals surface area contributed by atoms with Gasteiger partial charge in [-0.05, 0) is 84.4 Å². The van der Waals surface area contributed by atoms with E-state index in [1.54, 1.807) is 4.90 Å². The second-order valence-corrected chi connectivity index (χ2v) is 21.1. The van der Waals surface area contributed by atoms with Crippen molar-refractivity contribution in [1.82, 2.24) is 30.0 Å². The molecule has 8 rings (SSSR count). The number of nitrogen functional groups attached to an aromatic ring is 2. The third-order valence-corrected chi connectivity index (χ3v) is 15.5. The van der Waals surface area contributed by atoms with Crippen LogP contribution < -0.4 is 16.8 Å². The summed E-state index contributed by atoms with van der Waals surface area (Å²) in [5.74, 6) is -1.23. The minimum absolute atomic E-state index is 0.0129. The second kappa shape index (κ2) is 27.4. The molecule has 4 aromatic carbocycles. The number of unbranched alkanes of at least 4 members (excludes halogenated alkanes) is 3. The number of aliphatic hydroxyl groups is 3. The van der Waals surface area contributed by atoms with E-state index in [4.69, 9.17) is 37.3 Å². The van der Waals surface area contributed by atoms with Crippen molar-refractivity contribution in [3.05, 3.63) is 142 Å². The van der Waals surface area contributed by atoms with Gasteiger partial charge in [0.1, 0.15) is 24.9 Å². The van der Waals surface area contributed by atoms with Crippen molar-refractivity contribution in [2.75, 3.05) is 77.0 Å². The number of halogens is 1. The number of ether oxygens (including phenoxy) is 3. The number of aliphatic hydroxyl groups excluding tert-OH is 3. The Morgan fingerprint density at radius 2 is 1.53 bits per heavy atom. The topological polar surface area (TPSA) is 239 Å². The van der Waals surface area contributed by atoms with Gasteiger partial charge in [0.05, 0.1) is 12.7 Å². The van der Waals surface area contributed by atoms with Gasteiger partial charge in [0.15, 0.2) is 28.8 Å². The van der Waals surface area contributed by atoms with Crippen LogP contribution in [0.5, 0.6) is 0 Å². The number of amides is 3. The Kier molecular flexibility index (Phi) is 20.3. The molecule has 0 saturated carbocycles. The van der Waals surface area contributed by atoms with Crippen molar-refractivity contribution in [3.8, 4) is 11.1 Å². The molecule has 77 heavy (non-hydrogen) atoms. The Labute approximate surface area is 456 Å². The molecule has 17 nitrogen and oxygen atoms in total. The predicted octanol–water partition coefficient (Wildman–Crippen LogP) is 7.15. The van der Waals surface area contributed by atoms with Crippen LogP contribution in [0.15, 0.2) is 103 Å². The third-order valence-electron chi connectivity index (χ3n) is 15.3. The van der Waals surface area contributed by atoms with Gasteiger partial charge in [0.25, 0.3) is 5.91 Å². The predicted molar refractivity (Wildman–Crippen MR) is 296 cm³/mol. The first kappa shape index (κ1) is 57.0. The van der Waals surface area contributed by atoms with Crippen LogP contribution in [0.1, 0.15) is 102 Å². The normalized spacial score (nSPS) is 18.8. The molecule has 1 aromatic heterocycles. The highest BCUT2D eigenvalue weighted by molar-refractivity contribution is 6.31. The van der Waals surface area contributed by atoms with Gasteiger partial charge < -0.3 is 61.0 Å². The maximum atomic E-state index is 14.7. The largest absolute Gasteiger partial charge is 0.448 e. The molecule has 6 atom stereocenters. The Hall–Kier alpha value is -6.18. The van der Waals surface area contributed by atoms with E-state index in [0.717, 1.165) is 64.6 Å². The molecule has 2 fully saturated rings. The molecule has 0 radical (unpaired) electrons. The smallest absolute Gasteiger partial charge is 0.409 e. The molecule has 412 valence electrons. The van der Waals surface area contributed by atoms with Gasteiger partial charge in [0, 0.05) is 63.7 Å². The van der Waals surface area contributed by atoms with E-state index in [1.165, 1.54) is 0 Å². The molecule has 2 saturated heterocycles. The standard InChI is InChI=1S/C59H75ClN8O9/c1-3-4-5-15-27-66(35-48(69)52(72)53-49(70)37-75-58(77-53)41-17-7-6-8-18-41)28-26-50(71)67-29-24-39(25-30-67)33-68(59(74)76-36-47-45-22-13-11-20-43(45)44-21-12-14-23-46(44)47)34-40(31-42-19-10-9-16-38(42)2)32-63-57(73)51-55(61)65-56(62)54(60)64-51/h6-14,16-23,39-40,47-49,52-53,58,69-70,72H,3-5,15,24-37H2,1-2H3,(H,63,73)(H4,61,62,65)/t40?,48?,49-,52?,53-,58-/m1/s1. The van der Waals surface area contributed by atoms with E-state index >= 15 is 0 Å². The number of piperidine rings is 1. The number of nitrogens with zero attached hydrogens (tertiary/aromatic N) is 5. The number of nitrogens with two attached hydrogens (primary N) is 2. The van der Waals surface area contributed by atoms with E-state index in [-0.39, 0.29) is 85.4 Å². The number of likely N-dealkylation sites (tertiary alicyclic amines) is 1. The Bertz CT molecular complexity index is 2700. The van der Waals surface area contributed by atoms with Crippen LogP contribution in [0, 0.1) is 18.8 Å². The number of fused-ring (bicyclic) bond motifs is 3. The molecule has 3 amide bonds. The van der Waals surface area contributed by atoms with Crippen LogP contribution >= 0.6 is 11.6 Å². The lowest BCUT2D eigenvalue weighted by Crippen LogP contribution is -2.54. The first-order chi connectivity index (χ1) is 37.3. The van der Waals surface area contributed by atoms with Gasteiger partial charge in [-0.15, -0.1) is 0 Å². The van der Waals surface area contributed by atoms with E-state index in [9.17, 15) is 29.7 Å². The van der Waals surface area contributed by atoms with Crippen LogP contribution in [-0.2, 0) is 25.4 Å². The molecule has 3 unspecified atom stereocenters. The minimum Gasteiger partial charge on any atom is -0.448 e. The number of rotatable bonds is 24. The molecule has 8 N–H and O–H groups in total. The molecule has 0 spiro atoms. The first-order valence-corrected chi connectivity index (χ1v) is 27.5. The van der Waals surface area contributed by atoms with Gasteiger partial charge in [-0.3, -0.25) is 9.59 Å². The summed E-state index contributed by atoms with van der Waals surface area (Å²) in [6.45, 7) is 7.10. The van der Waals surface area contributed by atoms with Crippen molar-refractivity contribution in [2.45, 2.75) is 102 Å². The summed E-state index contributed by atoms with van der Waals surface area (Å²) in [5.41, 5.74) is 19.0. The summed E-state index contributed by atoms with van der Waals surface area (Å²) in [5, 5.41) is 36.4. The van der Waals surface area contributed by atoms with Crippen molar-refractivity contribution in [3.63, 3.8) is 0 Å². The monoisotopic (exact) mass is 1070 g/mol. The first-order valence-electron chi connectivity index (χ1n) is 27.1. The highest BCUT2D eigenvalue weighted by atomic mass is 35.5. The lowest BCUT2D eigenvalue weighted by molar-refractivity contribution is -0.283. The van der Waals surface area contributed by atoms with Crippen molar-refractivity contribution < 1.29 is 43.9 Å². The molecular formula is C59H75ClN8O9. The van der Waals surface area contributed by atoms with Crippen LogP contribution in [0.2, 0.25) is 5.15 Å². The van der Waals surface area contributed by atoms with Crippen LogP contribution in [0.25, 0.3) is 11.1 Å².